The molecule has 0 unspecified atom stereocenters. The molecule has 0 radical (unpaired) electrons. The lowest BCUT2D eigenvalue weighted by molar-refractivity contribution is 0.628. The van der Waals surface area contributed by atoms with Crippen LogP contribution in [-0.4, -0.2) is 22.3 Å². The second-order valence-corrected chi connectivity index (χ2v) is 4.87. The van der Waals surface area contributed by atoms with Crippen molar-refractivity contribution < 1.29 is 4.39 Å². The van der Waals surface area contributed by atoms with E-state index in [1.807, 2.05) is 6.07 Å². The van der Waals surface area contributed by atoms with Crippen LogP contribution in [0.1, 0.15) is 18.4 Å². The number of anilines is 1. The number of hydrogen-bond donors (Lipinski definition) is 3. The van der Waals surface area contributed by atoms with Gasteiger partial charge in [0.15, 0.2) is 0 Å². The number of nitrogens with zero attached hydrogens (tertiary/aromatic N) is 2. The van der Waals surface area contributed by atoms with Gasteiger partial charge < -0.3 is 11.1 Å². The van der Waals surface area contributed by atoms with Crippen molar-refractivity contribution in [3.63, 3.8) is 0 Å². The highest BCUT2D eigenvalue weighted by Gasteiger charge is 2.21. The Morgan fingerprint density at radius 1 is 1.40 bits per heavy atom. The number of nitrogen functional groups attached to an aromatic ring is 1. The number of nitrogens with one attached hydrogen (secondary N) is 2. The van der Waals surface area contributed by atoms with Crippen LogP contribution in [0.3, 0.4) is 0 Å². The Bertz CT molecular complexity index is 662. The molecular weight excluding hydrogens is 257 g/mol. The maximum atomic E-state index is 13.4. The van der Waals surface area contributed by atoms with Crippen molar-refractivity contribution in [3.8, 4) is 11.3 Å². The first-order chi connectivity index (χ1) is 9.66. The van der Waals surface area contributed by atoms with E-state index >= 15 is 0 Å². The molecule has 5 nitrogen and oxygen atoms in total. The maximum Gasteiger partial charge on any atom is 0.215 e. The second-order valence-electron chi connectivity index (χ2n) is 4.87. The molecule has 3 rings (SSSR count). The molecule has 1 aromatic heterocycles. The van der Waals surface area contributed by atoms with Crippen molar-refractivity contribution in [2.45, 2.75) is 19.3 Å². The standard InChI is InChI=1S/C14H16FN5/c15-10-5-3-4-9(8-10)12-11-6-1-2-7-18-13(11)20(19-12)14(16)17/h3-5,8,18H,1-2,6-7H2,(H3,16,17). The van der Waals surface area contributed by atoms with Crippen molar-refractivity contribution >= 4 is 11.8 Å². The number of nitrogens with two attached hydrogens (primary N) is 1. The Kier molecular flexibility index (Phi) is 3.14. The lowest BCUT2D eigenvalue weighted by atomic mass is 10.0. The minimum atomic E-state index is -0.296. The average molecular weight is 273 g/mol. The molecular formula is C14H16FN5. The summed E-state index contributed by atoms with van der Waals surface area (Å²) in [6.45, 7) is 0.828. The molecule has 0 aliphatic carbocycles. The van der Waals surface area contributed by atoms with Gasteiger partial charge in [0.25, 0.3) is 0 Å². The van der Waals surface area contributed by atoms with Crippen LogP contribution in [-0.2, 0) is 6.42 Å². The summed E-state index contributed by atoms with van der Waals surface area (Å²) >= 11 is 0. The molecule has 6 heteroatoms. The average Bonchev–Trinajstić information content (AvgIpc) is 2.61. The fourth-order valence-corrected chi connectivity index (χ4v) is 2.54. The summed E-state index contributed by atoms with van der Waals surface area (Å²) in [4.78, 5) is 0. The molecule has 0 saturated carbocycles. The number of rotatable bonds is 1. The maximum absolute atomic E-state index is 13.4. The molecule has 0 saturated heterocycles. The Hall–Kier alpha value is -2.37. The van der Waals surface area contributed by atoms with Gasteiger partial charge in [-0.1, -0.05) is 12.1 Å². The van der Waals surface area contributed by atoms with E-state index in [1.54, 1.807) is 6.07 Å². The number of halogens is 1. The Labute approximate surface area is 116 Å². The van der Waals surface area contributed by atoms with Crippen molar-refractivity contribution in [2.75, 3.05) is 11.9 Å². The number of benzene rings is 1. The van der Waals surface area contributed by atoms with Gasteiger partial charge in [0.2, 0.25) is 5.96 Å². The van der Waals surface area contributed by atoms with Gasteiger partial charge in [-0.05, 0) is 31.4 Å². The summed E-state index contributed by atoms with van der Waals surface area (Å²) in [6.07, 6.45) is 2.93. The molecule has 2 aromatic rings. The lowest BCUT2D eigenvalue weighted by Gasteiger charge is -2.06. The molecule has 0 bridgehead atoms. The molecule has 0 spiro atoms. The third kappa shape index (κ3) is 2.13. The van der Waals surface area contributed by atoms with Gasteiger partial charge in [-0.15, -0.1) is 0 Å². The van der Waals surface area contributed by atoms with E-state index in [9.17, 15) is 4.39 Å². The molecule has 1 aliphatic rings. The van der Waals surface area contributed by atoms with Crippen LogP contribution in [0.5, 0.6) is 0 Å². The van der Waals surface area contributed by atoms with E-state index in [-0.39, 0.29) is 11.8 Å². The molecule has 1 aromatic carbocycles. The molecule has 2 heterocycles. The molecule has 104 valence electrons. The minimum absolute atomic E-state index is 0.140. The largest absolute Gasteiger partial charge is 0.370 e. The van der Waals surface area contributed by atoms with Crippen molar-refractivity contribution in [1.82, 2.24) is 9.78 Å². The summed E-state index contributed by atoms with van der Waals surface area (Å²) in [5, 5.41) is 15.3. The van der Waals surface area contributed by atoms with E-state index < -0.39 is 0 Å². The summed E-state index contributed by atoms with van der Waals surface area (Å²) in [6, 6.07) is 6.34. The van der Waals surface area contributed by atoms with Gasteiger partial charge in [0.1, 0.15) is 11.6 Å². The third-order valence-electron chi connectivity index (χ3n) is 3.46. The number of hydrogen-bond acceptors (Lipinski definition) is 3. The van der Waals surface area contributed by atoms with E-state index in [1.165, 1.54) is 16.8 Å². The molecule has 20 heavy (non-hydrogen) atoms. The zero-order chi connectivity index (χ0) is 14.1. The van der Waals surface area contributed by atoms with E-state index in [2.05, 4.69) is 10.4 Å². The quantitative estimate of drug-likeness (QED) is 0.550. The zero-order valence-corrected chi connectivity index (χ0v) is 11.0. The van der Waals surface area contributed by atoms with E-state index in [4.69, 9.17) is 11.1 Å². The van der Waals surface area contributed by atoms with Crippen LogP contribution in [0.2, 0.25) is 0 Å². The van der Waals surface area contributed by atoms with Crippen LogP contribution < -0.4 is 11.1 Å². The molecule has 4 N–H and O–H groups in total. The summed E-state index contributed by atoms with van der Waals surface area (Å²) in [5.74, 6) is 0.322. The first kappa shape index (κ1) is 12.7. The van der Waals surface area contributed by atoms with E-state index in [0.717, 1.165) is 37.2 Å². The number of aromatic nitrogens is 2. The van der Waals surface area contributed by atoms with Crippen LogP contribution in [0, 0.1) is 11.2 Å². The van der Waals surface area contributed by atoms with Gasteiger partial charge in [0, 0.05) is 17.7 Å². The van der Waals surface area contributed by atoms with Crippen molar-refractivity contribution in [1.29, 1.82) is 5.41 Å². The Morgan fingerprint density at radius 3 is 3.00 bits per heavy atom. The molecule has 0 fully saturated rings. The molecule has 0 atom stereocenters. The third-order valence-corrected chi connectivity index (χ3v) is 3.46. The fraction of sp³-hybridized carbons (Fsp3) is 0.286. The van der Waals surface area contributed by atoms with Gasteiger partial charge in [-0.2, -0.15) is 9.78 Å². The highest BCUT2D eigenvalue weighted by Crippen LogP contribution is 2.32. The van der Waals surface area contributed by atoms with Crippen molar-refractivity contribution in [2.24, 2.45) is 5.73 Å². The van der Waals surface area contributed by atoms with Gasteiger partial charge in [-0.25, -0.2) is 4.39 Å². The number of fused-ring (bicyclic) bond motifs is 1. The van der Waals surface area contributed by atoms with Crippen LogP contribution >= 0.6 is 0 Å². The van der Waals surface area contributed by atoms with Crippen LogP contribution in [0.15, 0.2) is 24.3 Å². The summed E-state index contributed by atoms with van der Waals surface area (Å²) in [7, 11) is 0. The topological polar surface area (TPSA) is 79.7 Å². The highest BCUT2D eigenvalue weighted by atomic mass is 19.1. The van der Waals surface area contributed by atoms with Gasteiger partial charge >= 0.3 is 0 Å². The molecule has 1 aliphatic heterocycles. The highest BCUT2D eigenvalue weighted by molar-refractivity contribution is 5.84. The van der Waals surface area contributed by atoms with Gasteiger partial charge in [0.05, 0.1) is 5.69 Å². The first-order valence-corrected chi connectivity index (χ1v) is 6.63. The van der Waals surface area contributed by atoms with Gasteiger partial charge in [-0.3, -0.25) is 5.41 Å². The minimum Gasteiger partial charge on any atom is -0.370 e. The summed E-state index contributed by atoms with van der Waals surface area (Å²) < 4.78 is 14.8. The van der Waals surface area contributed by atoms with E-state index in [0.29, 0.717) is 11.3 Å². The van der Waals surface area contributed by atoms with Crippen LogP contribution in [0.4, 0.5) is 10.2 Å². The predicted octanol–water partition coefficient (Wildman–Crippen LogP) is 2.18. The zero-order valence-electron chi connectivity index (χ0n) is 11.0. The lowest BCUT2D eigenvalue weighted by Crippen LogP contribution is -2.24. The second kappa shape index (κ2) is 4.96. The van der Waals surface area contributed by atoms with Crippen molar-refractivity contribution in [3.05, 3.63) is 35.6 Å². The normalized spacial score (nSPS) is 14.2. The predicted molar refractivity (Wildman–Crippen MR) is 76.4 cm³/mol. The smallest absolute Gasteiger partial charge is 0.215 e. The molecule has 0 amide bonds. The SMILES string of the molecule is N=C(N)n1nc(-c2cccc(F)c2)c2c1NCCCC2. The monoisotopic (exact) mass is 273 g/mol. The Morgan fingerprint density at radius 2 is 2.25 bits per heavy atom. The Balaban J connectivity index is 2.18. The summed E-state index contributed by atoms with van der Waals surface area (Å²) in [5.41, 5.74) is 7.99. The van der Waals surface area contributed by atoms with Crippen LogP contribution in [0.25, 0.3) is 11.3 Å². The fourth-order valence-electron chi connectivity index (χ4n) is 2.54. The first-order valence-electron chi connectivity index (χ1n) is 6.63.